The molecule has 0 bridgehead atoms. The van der Waals surface area contributed by atoms with Gasteiger partial charge in [0.25, 0.3) is 0 Å². The van der Waals surface area contributed by atoms with Crippen molar-refractivity contribution in [2.45, 2.75) is 6.92 Å². The Labute approximate surface area is 121 Å². The number of thiocarbonyl (C=S) groups is 1. The highest BCUT2D eigenvalue weighted by Crippen LogP contribution is 2.06. The summed E-state index contributed by atoms with van der Waals surface area (Å²) in [6.45, 7) is 1.77. The van der Waals surface area contributed by atoms with Gasteiger partial charge in [-0.1, -0.05) is 35.5 Å². The van der Waals surface area contributed by atoms with Crippen LogP contribution >= 0.6 is 12.2 Å². The molecule has 2 aromatic rings. The van der Waals surface area contributed by atoms with E-state index in [1.54, 1.807) is 19.1 Å². The minimum Gasteiger partial charge on any atom is -0.360 e. The first-order valence-electron chi connectivity index (χ1n) is 5.92. The highest BCUT2D eigenvalue weighted by Gasteiger charge is 2.04. The first-order chi connectivity index (χ1) is 9.63. The fourth-order valence-electron chi connectivity index (χ4n) is 1.46. The molecule has 102 valence electrons. The van der Waals surface area contributed by atoms with E-state index in [0.717, 1.165) is 5.56 Å². The van der Waals surface area contributed by atoms with E-state index in [2.05, 4.69) is 15.8 Å². The van der Waals surface area contributed by atoms with E-state index in [9.17, 15) is 4.79 Å². The number of aryl methyl sites for hydroxylation is 1. The number of hydrogen-bond donors (Lipinski definition) is 2. The molecule has 1 heterocycles. The van der Waals surface area contributed by atoms with Crippen molar-refractivity contribution in [3.05, 3.63) is 53.8 Å². The molecule has 0 unspecified atom stereocenters. The molecule has 0 radical (unpaired) electrons. The molecule has 5 nitrogen and oxygen atoms in total. The van der Waals surface area contributed by atoms with E-state index in [4.69, 9.17) is 16.7 Å². The van der Waals surface area contributed by atoms with Gasteiger partial charge in [-0.2, -0.15) is 0 Å². The summed E-state index contributed by atoms with van der Waals surface area (Å²) in [5, 5.41) is 9.15. The van der Waals surface area contributed by atoms with Crippen molar-refractivity contribution in [2.24, 2.45) is 0 Å². The fourth-order valence-corrected chi connectivity index (χ4v) is 1.67. The average Bonchev–Trinajstić information content (AvgIpc) is 2.83. The van der Waals surface area contributed by atoms with E-state index in [1.165, 1.54) is 6.08 Å². The Morgan fingerprint density at radius 1 is 1.35 bits per heavy atom. The van der Waals surface area contributed by atoms with Gasteiger partial charge in [0.15, 0.2) is 10.9 Å². The van der Waals surface area contributed by atoms with Gasteiger partial charge in [-0.05, 0) is 30.8 Å². The maximum atomic E-state index is 11.7. The Hall–Kier alpha value is -2.47. The summed E-state index contributed by atoms with van der Waals surface area (Å²) >= 11 is 4.99. The maximum absolute atomic E-state index is 11.7. The molecule has 0 aliphatic rings. The number of carbonyl (C=O) groups is 1. The van der Waals surface area contributed by atoms with E-state index < -0.39 is 0 Å². The quantitative estimate of drug-likeness (QED) is 0.670. The third-order valence-electron chi connectivity index (χ3n) is 2.33. The van der Waals surface area contributed by atoms with Crippen LogP contribution in [0.1, 0.15) is 11.3 Å². The summed E-state index contributed by atoms with van der Waals surface area (Å²) in [4.78, 5) is 11.7. The van der Waals surface area contributed by atoms with Gasteiger partial charge >= 0.3 is 0 Å². The third-order valence-corrected chi connectivity index (χ3v) is 2.54. The predicted octanol–water partition coefficient (Wildman–Crippen LogP) is 2.51. The zero-order valence-electron chi connectivity index (χ0n) is 10.8. The maximum Gasteiger partial charge on any atom is 0.250 e. The van der Waals surface area contributed by atoms with E-state index in [1.807, 2.05) is 30.3 Å². The first-order valence-corrected chi connectivity index (χ1v) is 6.33. The van der Waals surface area contributed by atoms with E-state index in [-0.39, 0.29) is 11.0 Å². The van der Waals surface area contributed by atoms with Gasteiger partial charge in [0, 0.05) is 12.1 Å². The molecule has 1 aromatic carbocycles. The average molecular weight is 287 g/mol. The minimum atomic E-state index is -0.313. The molecule has 2 rings (SSSR count). The molecule has 0 aliphatic heterocycles. The van der Waals surface area contributed by atoms with Crippen LogP contribution in [0.3, 0.4) is 0 Å². The topological polar surface area (TPSA) is 67.2 Å². The van der Waals surface area contributed by atoms with Crippen LogP contribution < -0.4 is 10.6 Å². The lowest BCUT2D eigenvalue weighted by atomic mass is 10.2. The van der Waals surface area contributed by atoms with Gasteiger partial charge in [-0.3, -0.25) is 10.1 Å². The highest BCUT2D eigenvalue weighted by atomic mass is 32.1. The van der Waals surface area contributed by atoms with Crippen molar-refractivity contribution in [3.8, 4) is 0 Å². The summed E-state index contributed by atoms with van der Waals surface area (Å²) in [6, 6.07) is 11.2. The van der Waals surface area contributed by atoms with Crippen LogP contribution in [0.4, 0.5) is 5.82 Å². The zero-order chi connectivity index (χ0) is 14.4. The second kappa shape index (κ2) is 6.63. The number of anilines is 1. The summed E-state index contributed by atoms with van der Waals surface area (Å²) in [6.07, 6.45) is 3.12. The van der Waals surface area contributed by atoms with Crippen molar-refractivity contribution in [3.63, 3.8) is 0 Å². The van der Waals surface area contributed by atoms with Crippen LogP contribution in [0.2, 0.25) is 0 Å². The molecular formula is C14H13N3O2S. The van der Waals surface area contributed by atoms with Crippen LogP contribution in [-0.2, 0) is 4.79 Å². The lowest BCUT2D eigenvalue weighted by Crippen LogP contribution is -2.32. The lowest BCUT2D eigenvalue weighted by Gasteiger charge is -2.03. The number of rotatable bonds is 3. The molecule has 0 saturated carbocycles. The molecule has 0 spiro atoms. The number of nitrogens with zero attached hydrogens (tertiary/aromatic N) is 1. The van der Waals surface area contributed by atoms with Gasteiger partial charge in [0.2, 0.25) is 5.91 Å². The number of nitrogens with one attached hydrogen (secondary N) is 2. The first kappa shape index (κ1) is 14.0. The van der Waals surface area contributed by atoms with Gasteiger partial charge in [0.1, 0.15) is 5.76 Å². The summed E-state index contributed by atoms with van der Waals surface area (Å²) < 4.78 is 4.88. The largest absolute Gasteiger partial charge is 0.360 e. The highest BCUT2D eigenvalue weighted by molar-refractivity contribution is 7.80. The van der Waals surface area contributed by atoms with Crippen LogP contribution in [0, 0.1) is 6.92 Å². The Bertz CT molecular complexity index is 635. The normalized spacial score (nSPS) is 10.4. The van der Waals surface area contributed by atoms with Crippen LogP contribution in [0.15, 0.2) is 47.0 Å². The molecule has 0 saturated heterocycles. The number of carbonyl (C=O) groups excluding carboxylic acids is 1. The van der Waals surface area contributed by atoms with Gasteiger partial charge in [-0.15, -0.1) is 0 Å². The zero-order valence-corrected chi connectivity index (χ0v) is 11.6. The Balaban J connectivity index is 1.85. The standard InChI is InChI=1S/C14H13N3O2S/c1-10-9-12(17-19-10)15-14(20)16-13(18)8-7-11-5-3-2-4-6-11/h2-9H,1H3,(H2,15,16,17,18,20)/b8-7+. The van der Waals surface area contributed by atoms with Crippen molar-refractivity contribution in [1.82, 2.24) is 10.5 Å². The van der Waals surface area contributed by atoms with Gasteiger partial charge < -0.3 is 9.84 Å². The SMILES string of the molecule is Cc1cc(NC(=S)NC(=O)/C=C/c2ccccc2)no1. The van der Waals surface area contributed by atoms with E-state index >= 15 is 0 Å². The number of aromatic nitrogens is 1. The Morgan fingerprint density at radius 2 is 2.10 bits per heavy atom. The second-order valence-electron chi connectivity index (χ2n) is 4.01. The molecular weight excluding hydrogens is 274 g/mol. The van der Waals surface area contributed by atoms with Crippen LogP contribution in [0.25, 0.3) is 6.08 Å². The lowest BCUT2D eigenvalue weighted by molar-refractivity contribution is -0.115. The van der Waals surface area contributed by atoms with Crippen molar-refractivity contribution in [2.75, 3.05) is 5.32 Å². The van der Waals surface area contributed by atoms with Crippen molar-refractivity contribution < 1.29 is 9.32 Å². The van der Waals surface area contributed by atoms with Crippen molar-refractivity contribution in [1.29, 1.82) is 0 Å². The smallest absolute Gasteiger partial charge is 0.250 e. The molecule has 20 heavy (non-hydrogen) atoms. The van der Waals surface area contributed by atoms with Gasteiger partial charge in [0.05, 0.1) is 0 Å². The van der Waals surface area contributed by atoms with Crippen LogP contribution in [0.5, 0.6) is 0 Å². The molecule has 1 amide bonds. The summed E-state index contributed by atoms with van der Waals surface area (Å²) in [7, 11) is 0. The number of benzene rings is 1. The summed E-state index contributed by atoms with van der Waals surface area (Å²) in [5.41, 5.74) is 0.939. The van der Waals surface area contributed by atoms with Crippen LogP contribution in [-0.4, -0.2) is 16.2 Å². The van der Waals surface area contributed by atoms with Crippen molar-refractivity contribution >= 4 is 35.1 Å². The molecule has 0 fully saturated rings. The summed E-state index contributed by atoms with van der Waals surface area (Å²) in [5.74, 6) is 0.803. The third kappa shape index (κ3) is 4.33. The monoisotopic (exact) mass is 287 g/mol. The second-order valence-corrected chi connectivity index (χ2v) is 4.42. The molecule has 1 aromatic heterocycles. The number of amides is 1. The van der Waals surface area contributed by atoms with E-state index in [0.29, 0.717) is 11.6 Å². The fraction of sp³-hybridized carbons (Fsp3) is 0.0714. The van der Waals surface area contributed by atoms with Gasteiger partial charge in [-0.25, -0.2) is 0 Å². The molecule has 0 aliphatic carbocycles. The predicted molar refractivity (Wildman–Crippen MR) is 81.1 cm³/mol. The number of hydrogen-bond acceptors (Lipinski definition) is 4. The molecule has 2 N–H and O–H groups in total. The Morgan fingerprint density at radius 3 is 2.75 bits per heavy atom. The molecule has 6 heteroatoms. The minimum absolute atomic E-state index is 0.168. The Kier molecular flexibility index (Phi) is 4.62. The molecule has 0 atom stereocenters.